The summed E-state index contributed by atoms with van der Waals surface area (Å²) in [5.74, 6) is 0.350. The van der Waals surface area contributed by atoms with Crippen LogP contribution in [0.25, 0.3) is 0 Å². The molecular weight excluding hydrogens is 681 g/mol. The number of benzene rings is 1. The largest absolute Gasteiger partial charge is 0.506 e. The molecule has 27 heavy (non-hydrogen) atoms. The number of aromatic hydroxyl groups is 1. The third-order valence-electron chi connectivity index (χ3n) is 5.65. The molecule has 2 bridgehead atoms. The van der Waals surface area contributed by atoms with Gasteiger partial charge in [-0.2, -0.15) is 0 Å². The average Bonchev–Trinajstić information content (AvgIpc) is 2.62. The van der Waals surface area contributed by atoms with Crippen LogP contribution in [-0.2, 0) is 9.47 Å². The Bertz CT molecular complexity index is 599. The Balaban J connectivity index is 1.87. The van der Waals surface area contributed by atoms with E-state index in [1.165, 1.54) is 51.4 Å². The molecule has 0 aromatic heterocycles. The van der Waals surface area contributed by atoms with Crippen LogP contribution in [0.1, 0.15) is 88.9 Å². The Morgan fingerprint density at radius 2 is 1.19 bits per heavy atom. The lowest BCUT2D eigenvalue weighted by atomic mass is 9.97. The fourth-order valence-electron chi connectivity index (χ4n) is 4.09. The molecule has 4 rings (SSSR count). The molecule has 0 radical (unpaired) electrons. The number of hydrogen-bond acceptors (Lipinski definition) is 3. The molecule has 2 unspecified atom stereocenters. The van der Waals surface area contributed by atoms with Crippen LogP contribution in [0, 0.1) is 10.7 Å². The van der Waals surface area contributed by atoms with Crippen LogP contribution >= 0.6 is 67.8 Å². The second kappa shape index (κ2) is 11.5. The van der Waals surface area contributed by atoms with Crippen LogP contribution in [0.5, 0.6) is 5.75 Å². The highest BCUT2D eigenvalue weighted by molar-refractivity contribution is 14.1. The Morgan fingerprint density at radius 3 is 1.74 bits per heavy atom. The maximum absolute atomic E-state index is 10.5. The highest BCUT2D eigenvalue weighted by atomic mass is 127. The molecule has 1 N–H and O–H groups in total. The Hall–Kier alpha value is 1.13. The Labute approximate surface area is 204 Å². The summed E-state index contributed by atoms with van der Waals surface area (Å²) in [6.45, 7) is 0. The van der Waals surface area contributed by atoms with Gasteiger partial charge in [-0.3, -0.25) is 0 Å². The van der Waals surface area contributed by atoms with E-state index in [4.69, 9.17) is 9.47 Å². The van der Waals surface area contributed by atoms with Gasteiger partial charge in [0, 0.05) is 9.13 Å². The lowest BCUT2D eigenvalue weighted by molar-refractivity contribution is -0.215. The summed E-state index contributed by atoms with van der Waals surface area (Å²) >= 11 is 6.80. The highest BCUT2D eigenvalue weighted by Gasteiger charge is 2.30. The zero-order chi connectivity index (χ0) is 19.2. The Morgan fingerprint density at radius 1 is 0.704 bits per heavy atom. The van der Waals surface area contributed by atoms with Crippen molar-refractivity contribution < 1.29 is 14.6 Å². The predicted octanol–water partition coefficient (Wildman–Crippen LogP) is 7.68. The van der Waals surface area contributed by atoms with Crippen LogP contribution < -0.4 is 0 Å². The quantitative estimate of drug-likeness (QED) is 0.304. The van der Waals surface area contributed by atoms with E-state index in [0.717, 1.165) is 42.0 Å². The minimum atomic E-state index is -0.370. The number of phenolic OH excluding ortho intramolecular Hbond substituents is 1. The summed E-state index contributed by atoms with van der Waals surface area (Å²) in [7, 11) is 0. The SMILES string of the molecule is Oc1c(I)cc(I)c(C2OC3CCCCCCCCCC(CCC3)O2)c1I. The van der Waals surface area contributed by atoms with Gasteiger partial charge in [-0.15, -0.1) is 0 Å². The number of phenols is 1. The zero-order valence-corrected chi connectivity index (χ0v) is 22.2. The molecule has 0 spiro atoms. The molecule has 2 atom stereocenters. The molecule has 3 aliphatic rings. The summed E-state index contributed by atoms with van der Waals surface area (Å²) < 4.78 is 16.0. The number of rotatable bonds is 1. The molecule has 1 saturated carbocycles. The molecule has 0 amide bonds. The molecule has 1 aliphatic carbocycles. The molecule has 3 fully saturated rings. The fraction of sp³-hybridized carbons (Fsp3) is 0.714. The minimum Gasteiger partial charge on any atom is -0.506 e. The van der Waals surface area contributed by atoms with Gasteiger partial charge in [0.1, 0.15) is 5.75 Å². The van der Waals surface area contributed by atoms with Crippen molar-refractivity contribution in [3.8, 4) is 5.75 Å². The van der Waals surface area contributed by atoms with Gasteiger partial charge in [-0.25, -0.2) is 0 Å². The van der Waals surface area contributed by atoms with Crippen molar-refractivity contribution >= 4 is 67.8 Å². The second-order valence-electron chi connectivity index (χ2n) is 7.75. The van der Waals surface area contributed by atoms with Gasteiger partial charge in [0.25, 0.3) is 0 Å². The van der Waals surface area contributed by atoms with E-state index in [0.29, 0.717) is 5.75 Å². The van der Waals surface area contributed by atoms with E-state index < -0.39 is 0 Å². The summed E-state index contributed by atoms with van der Waals surface area (Å²) in [6.07, 6.45) is 15.0. The van der Waals surface area contributed by atoms with Crippen LogP contribution in [0.3, 0.4) is 0 Å². The number of fused-ring (bicyclic) bond motifs is 12. The first-order chi connectivity index (χ1) is 13.1. The number of halogens is 3. The van der Waals surface area contributed by atoms with Gasteiger partial charge in [0.2, 0.25) is 0 Å². The zero-order valence-electron chi connectivity index (χ0n) is 15.7. The van der Waals surface area contributed by atoms with Crippen molar-refractivity contribution in [2.24, 2.45) is 0 Å². The van der Waals surface area contributed by atoms with Crippen molar-refractivity contribution in [3.05, 3.63) is 22.3 Å². The van der Waals surface area contributed by atoms with Gasteiger partial charge in [-0.1, -0.05) is 44.9 Å². The first-order valence-electron chi connectivity index (χ1n) is 10.2. The van der Waals surface area contributed by atoms with Crippen molar-refractivity contribution in [2.75, 3.05) is 0 Å². The summed E-state index contributed by atoms with van der Waals surface area (Å²) in [5.41, 5.74) is 1.01. The summed E-state index contributed by atoms with van der Waals surface area (Å²) in [5, 5.41) is 10.5. The first kappa shape index (κ1) is 22.8. The van der Waals surface area contributed by atoms with Gasteiger partial charge < -0.3 is 14.6 Å². The monoisotopic (exact) mass is 710 g/mol. The first-order valence-corrected chi connectivity index (χ1v) is 13.5. The van der Waals surface area contributed by atoms with Crippen LogP contribution in [0.4, 0.5) is 0 Å². The lowest BCUT2D eigenvalue weighted by Gasteiger charge is -2.33. The van der Waals surface area contributed by atoms with Crippen LogP contribution in [0.15, 0.2) is 6.07 Å². The number of hydrogen-bond donors (Lipinski definition) is 1. The highest BCUT2D eigenvalue weighted by Crippen LogP contribution is 2.40. The maximum Gasteiger partial charge on any atom is 0.186 e. The van der Waals surface area contributed by atoms with Crippen molar-refractivity contribution in [1.82, 2.24) is 0 Å². The van der Waals surface area contributed by atoms with E-state index >= 15 is 0 Å². The maximum atomic E-state index is 10.5. The lowest BCUT2D eigenvalue weighted by Crippen LogP contribution is -2.28. The molecule has 6 heteroatoms. The molecule has 1 aromatic rings. The van der Waals surface area contributed by atoms with E-state index in [1.54, 1.807) is 0 Å². The topological polar surface area (TPSA) is 38.7 Å². The van der Waals surface area contributed by atoms with Crippen LogP contribution in [0.2, 0.25) is 0 Å². The van der Waals surface area contributed by atoms with Gasteiger partial charge in [-0.05, 0) is 106 Å². The van der Waals surface area contributed by atoms with E-state index in [9.17, 15) is 5.11 Å². The van der Waals surface area contributed by atoms with Gasteiger partial charge in [0.05, 0.1) is 19.3 Å². The van der Waals surface area contributed by atoms with E-state index in [1.807, 2.05) is 6.07 Å². The molecule has 2 heterocycles. The summed E-state index contributed by atoms with van der Waals surface area (Å²) in [4.78, 5) is 0. The normalized spacial score (nSPS) is 28.5. The molecule has 152 valence electrons. The second-order valence-corrected chi connectivity index (χ2v) is 11.2. The third-order valence-corrected chi connectivity index (χ3v) is 8.46. The molecule has 1 aromatic carbocycles. The van der Waals surface area contributed by atoms with Crippen molar-refractivity contribution in [2.45, 2.75) is 95.5 Å². The van der Waals surface area contributed by atoms with E-state index in [-0.39, 0.29) is 18.5 Å². The van der Waals surface area contributed by atoms with Crippen LogP contribution in [-0.4, -0.2) is 17.3 Å². The fourth-order valence-corrected chi connectivity index (χ4v) is 7.97. The van der Waals surface area contributed by atoms with Gasteiger partial charge in [0.15, 0.2) is 6.29 Å². The molecule has 2 aliphatic heterocycles. The van der Waals surface area contributed by atoms with Crippen molar-refractivity contribution in [1.29, 1.82) is 0 Å². The average molecular weight is 710 g/mol. The van der Waals surface area contributed by atoms with Gasteiger partial charge >= 0.3 is 0 Å². The molecule has 3 nitrogen and oxygen atoms in total. The molecule has 2 saturated heterocycles. The number of ether oxygens (including phenoxy) is 2. The Kier molecular flexibility index (Phi) is 9.72. The minimum absolute atomic E-state index is 0.256. The molecular formula is C21H29I3O3. The van der Waals surface area contributed by atoms with E-state index in [2.05, 4.69) is 67.8 Å². The predicted molar refractivity (Wildman–Crippen MR) is 134 cm³/mol. The third kappa shape index (κ3) is 6.55. The smallest absolute Gasteiger partial charge is 0.186 e. The summed E-state index contributed by atoms with van der Waals surface area (Å²) in [6, 6.07) is 2.03. The van der Waals surface area contributed by atoms with Crippen molar-refractivity contribution in [3.63, 3.8) is 0 Å². The standard InChI is InChI=1S/C21H29I3O3/c22-16-13-17(23)20(25)19(24)18(16)21-26-14-9-6-4-2-1-3-5-7-10-15(27-21)12-8-11-14/h13-15,21,25H,1-12H2.